The number of hydrogen-bond donors (Lipinski definition) is 1. The summed E-state index contributed by atoms with van der Waals surface area (Å²) in [6.45, 7) is 5.36. The summed E-state index contributed by atoms with van der Waals surface area (Å²) >= 11 is 0. The van der Waals surface area contributed by atoms with Crippen LogP contribution in [0, 0.1) is 17.0 Å². The molecule has 14 heavy (non-hydrogen) atoms. The number of phenolic OH excluding ortho intramolecular Hbond substituents is 1. The van der Waals surface area contributed by atoms with Crippen LogP contribution in [0.4, 0.5) is 5.69 Å². The molecule has 0 bridgehead atoms. The lowest BCUT2D eigenvalue weighted by Gasteiger charge is -2.08. The Balaban J connectivity index is 3.39. The monoisotopic (exact) mass is 195 g/mol. The van der Waals surface area contributed by atoms with E-state index in [4.69, 9.17) is 0 Å². The van der Waals surface area contributed by atoms with Crippen molar-refractivity contribution in [2.75, 3.05) is 0 Å². The molecule has 1 aromatic rings. The molecule has 1 N–H and O–H groups in total. The van der Waals surface area contributed by atoms with E-state index in [0.717, 1.165) is 0 Å². The van der Waals surface area contributed by atoms with E-state index in [9.17, 15) is 15.2 Å². The molecule has 76 valence electrons. The van der Waals surface area contributed by atoms with Gasteiger partial charge in [0.15, 0.2) is 0 Å². The summed E-state index contributed by atoms with van der Waals surface area (Å²) < 4.78 is 0. The first-order valence-corrected chi connectivity index (χ1v) is 4.41. The maximum absolute atomic E-state index is 10.7. The molecule has 0 saturated carbocycles. The molecular weight excluding hydrogens is 182 g/mol. The maximum Gasteiger partial charge on any atom is 0.273 e. The first-order chi connectivity index (χ1) is 6.43. The minimum absolute atomic E-state index is 0.0295. The molecule has 0 heterocycles. The molecule has 0 spiro atoms. The van der Waals surface area contributed by atoms with Gasteiger partial charge in [-0.05, 0) is 24.5 Å². The highest BCUT2D eigenvalue weighted by molar-refractivity contribution is 5.50. The third-order valence-electron chi connectivity index (χ3n) is 2.16. The standard InChI is InChI=1S/C10H13NO3/c1-6(2)8-5-10(12)7(3)4-9(8)11(13)14/h4-6,12H,1-3H3. The van der Waals surface area contributed by atoms with E-state index in [1.165, 1.54) is 12.1 Å². The van der Waals surface area contributed by atoms with Crippen molar-refractivity contribution in [2.24, 2.45) is 0 Å². The second-order valence-corrected chi connectivity index (χ2v) is 3.61. The summed E-state index contributed by atoms with van der Waals surface area (Å²) in [6, 6.07) is 2.88. The third-order valence-corrected chi connectivity index (χ3v) is 2.16. The molecule has 1 rings (SSSR count). The fourth-order valence-electron chi connectivity index (χ4n) is 1.32. The Morgan fingerprint density at radius 2 is 2.00 bits per heavy atom. The lowest BCUT2D eigenvalue weighted by atomic mass is 9.99. The summed E-state index contributed by atoms with van der Waals surface area (Å²) in [5, 5.41) is 20.1. The summed E-state index contributed by atoms with van der Waals surface area (Å²) in [5.41, 5.74) is 1.18. The van der Waals surface area contributed by atoms with Crippen molar-refractivity contribution in [1.29, 1.82) is 0 Å². The van der Waals surface area contributed by atoms with Crippen LogP contribution in [0.1, 0.15) is 30.9 Å². The molecule has 1 aromatic carbocycles. The highest BCUT2D eigenvalue weighted by atomic mass is 16.6. The van der Waals surface area contributed by atoms with Crippen LogP contribution in [0.3, 0.4) is 0 Å². The third kappa shape index (κ3) is 1.84. The van der Waals surface area contributed by atoms with Gasteiger partial charge in [-0.2, -0.15) is 0 Å². The molecule has 4 nitrogen and oxygen atoms in total. The highest BCUT2D eigenvalue weighted by Crippen LogP contribution is 2.32. The number of nitro benzene ring substituents is 1. The zero-order chi connectivity index (χ0) is 10.9. The van der Waals surface area contributed by atoms with Gasteiger partial charge in [0.1, 0.15) is 5.75 Å². The van der Waals surface area contributed by atoms with E-state index in [2.05, 4.69) is 0 Å². The van der Waals surface area contributed by atoms with Crippen LogP contribution in [-0.2, 0) is 0 Å². The minimum Gasteiger partial charge on any atom is -0.508 e. The smallest absolute Gasteiger partial charge is 0.273 e. The molecule has 0 radical (unpaired) electrons. The van der Waals surface area contributed by atoms with E-state index in [-0.39, 0.29) is 17.4 Å². The zero-order valence-corrected chi connectivity index (χ0v) is 8.44. The second-order valence-electron chi connectivity index (χ2n) is 3.61. The Kier molecular flexibility index (Phi) is 2.74. The normalized spacial score (nSPS) is 10.6. The van der Waals surface area contributed by atoms with Crippen molar-refractivity contribution in [1.82, 2.24) is 0 Å². The van der Waals surface area contributed by atoms with Crippen molar-refractivity contribution in [3.8, 4) is 5.75 Å². The number of phenols is 1. The van der Waals surface area contributed by atoms with Crippen LogP contribution in [-0.4, -0.2) is 10.0 Å². The van der Waals surface area contributed by atoms with Crippen molar-refractivity contribution in [3.63, 3.8) is 0 Å². The van der Waals surface area contributed by atoms with E-state index < -0.39 is 4.92 Å². The second kappa shape index (κ2) is 3.65. The number of rotatable bonds is 2. The van der Waals surface area contributed by atoms with E-state index in [1.54, 1.807) is 6.92 Å². The van der Waals surface area contributed by atoms with Gasteiger partial charge in [-0.15, -0.1) is 0 Å². The summed E-state index contributed by atoms with van der Waals surface area (Å²) in [7, 11) is 0. The van der Waals surface area contributed by atoms with E-state index in [0.29, 0.717) is 11.1 Å². The Bertz CT molecular complexity index is 372. The largest absolute Gasteiger partial charge is 0.508 e. The van der Waals surface area contributed by atoms with Crippen molar-refractivity contribution in [2.45, 2.75) is 26.7 Å². The van der Waals surface area contributed by atoms with Crippen LogP contribution < -0.4 is 0 Å². The van der Waals surface area contributed by atoms with Gasteiger partial charge in [-0.1, -0.05) is 13.8 Å². The molecule has 0 atom stereocenters. The molecule has 0 aromatic heterocycles. The number of aromatic hydroxyl groups is 1. The number of nitrogens with zero attached hydrogens (tertiary/aromatic N) is 1. The van der Waals surface area contributed by atoms with Gasteiger partial charge in [-0.25, -0.2) is 0 Å². The number of aryl methyl sites for hydroxylation is 1. The first-order valence-electron chi connectivity index (χ1n) is 4.41. The SMILES string of the molecule is Cc1cc([N+](=O)[O-])c(C(C)C)cc1O. The van der Waals surface area contributed by atoms with E-state index >= 15 is 0 Å². The molecule has 0 amide bonds. The fourth-order valence-corrected chi connectivity index (χ4v) is 1.32. The Morgan fingerprint density at radius 1 is 1.43 bits per heavy atom. The molecule has 0 unspecified atom stereocenters. The van der Waals surface area contributed by atoms with Gasteiger partial charge in [0.05, 0.1) is 4.92 Å². The summed E-state index contributed by atoms with van der Waals surface area (Å²) in [5.74, 6) is 0.140. The number of benzene rings is 1. The van der Waals surface area contributed by atoms with Gasteiger partial charge in [-0.3, -0.25) is 10.1 Å². The molecule has 4 heteroatoms. The number of nitro groups is 1. The van der Waals surface area contributed by atoms with Crippen LogP contribution in [0.2, 0.25) is 0 Å². The van der Waals surface area contributed by atoms with Gasteiger partial charge in [0.2, 0.25) is 0 Å². The van der Waals surface area contributed by atoms with Crippen LogP contribution in [0.15, 0.2) is 12.1 Å². The Labute approximate surface area is 82.3 Å². The quantitative estimate of drug-likeness (QED) is 0.583. The Morgan fingerprint density at radius 3 is 2.43 bits per heavy atom. The van der Waals surface area contributed by atoms with Crippen LogP contribution in [0.5, 0.6) is 5.75 Å². The molecular formula is C10H13NO3. The van der Waals surface area contributed by atoms with Gasteiger partial charge < -0.3 is 5.11 Å². The lowest BCUT2D eigenvalue weighted by Crippen LogP contribution is -1.98. The molecule has 0 fully saturated rings. The first kappa shape index (κ1) is 10.5. The average molecular weight is 195 g/mol. The average Bonchev–Trinajstić information content (AvgIpc) is 2.08. The molecule has 0 aliphatic rings. The van der Waals surface area contributed by atoms with Gasteiger partial charge in [0, 0.05) is 11.6 Å². The van der Waals surface area contributed by atoms with Crippen LogP contribution >= 0.6 is 0 Å². The topological polar surface area (TPSA) is 63.4 Å². The molecule has 0 aliphatic heterocycles. The summed E-state index contributed by atoms with van der Waals surface area (Å²) in [4.78, 5) is 10.3. The highest BCUT2D eigenvalue weighted by Gasteiger charge is 2.18. The van der Waals surface area contributed by atoms with E-state index in [1.807, 2.05) is 13.8 Å². The van der Waals surface area contributed by atoms with Gasteiger partial charge in [0.25, 0.3) is 5.69 Å². The number of hydrogen-bond acceptors (Lipinski definition) is 3. The van der Waals surface area contributed by atoms with Crippen molar-refractivity contribution in [3.05, 3.63) is 33.4 Å². The molecule has 0 aliphatic carbocycles. The lowest BCUT2D eigenvalue weighted by molar-refractivity contribution is -0.385. The predicted octanol–water partition coefficient (Wildman–Crippen LogP) is 2.73. The van der Waals surface area contributed by atoms with Crippen LogP contribution in [0.25, 0.3) is 0 Å². The Hall–Kier alpha value is -1.58. The van der Waals surface area contributed by atoms with Crippen molar-refractivity contribution >= 4 is 5.69 Å². The minimum atomic E-state index is -0.415. The maximum atomic E-state index is 10.7. The molecule has 0 saturated heterocycles. The van der Waals surface area contributed by atoms with Gasteiger partial charge >= 0.3 is 0 Å². The van der Waals surface area contributed by atoms with Crippen molar-refractivity contribution < 1.29 is 10.0 Å². The predicted molar refractivity (Wildman–Crippen MR) is 53.6 cm³/mol. The summed E-state index contributed by atoms with van der Waals surface area (Å²) in [6.07, 6.45) is 0. The fraction of sp³-hybridized carbons (Fsp3) is 0.400. The zero-order valence-electron chi connectivity index (χ0n) is 8.44.